The van der Waals surface area contributed by atoms with E-state index in [-0.39, 0.29) is 24.0 Å². The van der Waals surface area contributed by atoms with Crippen molar-refractivity contribution in [1.82, 2.24) is 15.1 Å². The molecule has 0 radical (unpaired) electrons. The number of piperidine rings is 1. The number of aliphatic hydroxyl groups is 1. The van der Waals surface area contributed by atoms with Crippen molar-refractivity contribution in [3.05, 3.63) is 0 Å². The maximum absolute atomic E-state index is 12.4. The summed E-state index contributed by atoms with van der Waals surface area (Å²) in [4.78, 5) is 27.5. The number of carbonyl (C=O) groups is 2. The average molecular weight is 286 g/mol. The van der Waals surface area contributed by atoms with Crippen molar-refractivity contribution in [2.24, 2.45) is 5.73 Å². The number of likely N-dealkylation sites (tertiary alicyclic amines) is 1. The Labute approximate surface area is 116 Å². The van der Waals surface area contributed by atoms with Crippen LogP contribution in [0.1, 0.15) is 12.8 Å². The van der Waals surface area contributed by atoms with Crippen LogP contribution < -0.4 is 11.1 Å². The highest BCUT2D eigenvalue weighted by atomic mass is 32.1. The zero-order valence-electron chi connectivity index (χ0n) is 10.6. The summed E-state index contributed by atoms with van der Waals surface area (Å²) in [6, 6.07) is -0.423. The number of imide groups is 1. The second-order valence-electron chi connectivity index (χ2n) is 4.94. The molecule has 2 saturated heterocycles. The molecule has 0 aromatic carbocycles. The normalized spacial score (nSPS) is 22.9. The fourth-order valence-electron chi connectivity index (χ4n) is 2.61. The van der Waals surface area contributed by atoms with Gasteiger partial charge in [0.1, 0.15) is 5.54 Å². The quantitative estimate of drug-likeness (QED) is 0.437. The number of nitrogens with two attached hydrogens (primary N) is 1. The van der Waals surface area contributed by atoms with E-state index in [4.69, 9.17) is 23.1 Å². The summed E-state index contributed by atoms with van der Waals surface area (Å²) in [6.45, 7) is 2.03. The number of hydrogen-bond donors (Lipinski definition) is 3. The molecule has 0 atom stereocenters. The van der Waals surface area contributed by atoms with Crippen molar-refractivity contribution >= 4 is 29.1 Å². The van der Waals surface area contributed by atoms with E-state index in [9.17, 15) is 9.59 Å². The van der Waals surface area contributed by atoms with Crippen molar-refractivity contribution in [3.8, 4) is 0 Å². The summed E-state index contributed by atoms with van der Waals surface area (Å²) in [5.41, 5.74) is 4.59. The summed E-state index contributed by atoms with van der Waals surface area (Å²) in [5.74, 6) is -0.242. The van der Waals surface area contributed by atoms with Gasteiger partial charge in [-0.15, -0.1) is 0 Å². The molecule has 0 saturated carbocycles. The lowest BCUT2D eigenvalue weighted by atomic mass is 9.87. The van der Waals surface area contributed by atoms with Crippen LogP contribution in [0.15, 0.2) is 0 Å². The third-order valence-electron chi connectivity index (χ3n) is 3.69. The Morgan fingerprint density at radius 2 is 2.05 bits per heavy atom. The van der Waals surface area contributed by atoms with Gasteiger partial charge in [0.05, 0.1) is 18.1 Å². The first-order chi connectivity index (χ1) is 8.98. The van der Waals surface area contributed by atoms with Crippen LogP contribution >= 0.6 is 12.2 Å². The van der Waals surface area contributed by atoms with Crippen LogP contribution in [0.3, 0.4) is 0 Å². The molecule has 3 amide bonds. The van der Waals surface area contributed by atoms with Crippen molar-refractivity contribution in [3.63, 3.8) is 0 Å². The highest BCUT2D eigenvalue weighted by Gasteiger charge is 2.52. The third-order valence-corrected chi connectivity index (χ3v) is 3.81. The van der Waals surface area contributed by atoms with E-state index in [0.29, 0.717) is 32.5 Å². The maximum Gasteiger partial charge on any atom is 0.325 e. The standard InChI is InChI=1S/C11H18N4O3S/c12-8(19)7-15-9(17)11(13-10(15)18)1-3-14(4-2-11)5-6-16/h16H,1-7H2,(H2,12,19)(H,13,18). The van der Waals surface area contributed by atoms with Gasteiger partial charge in [-0.05, 0) is 12.8 Å². The molecule has 0 aliphatic carbocycles. The van der Waals surface area contributed by atoms with Gasteiger partial charge in [0.2, 0.25) is 0 Å². The van der Waals surface area contributed by atoms with Crippen LogP contribution in [0, 0.1) is 0 Å². The predicted octanol–water partition coefficient (Wildman–Crippen LogP) is -1.35. The maximum atomic E-state index is 12.4. The number of carbonyl (C=O) groups excluding carboxylic acids is 2. The molecule has 0 unspecified atom stereocenters. The van der Waals surface area contributed by atoms with Gasteiger partial charge < -0.3 is 21.1 Å². The minimum Gasteiger partial charge on any atom is -0.395 e. The number of aliphatic hydroxyl groups excluding tert-OH is 1. The van der Waals surface area contributed by atoms with Gasteiger partial charge in [-0.3, -0.25) is 9.69 Å². The first-order valence-electron chi connectivity index (χ1n) is 6.24. The summed E-state index contributed by atoms with van der Waals surface area (Å²) in [7, 11) is 0. The summed E-state index contributed by atoms with van der Waals surface area (Å²) < 4.78 is 0. The topological polar surface area (TPSA) is 98.9 Å². The number of nitrogens with one attached hydrogen (secondary N) is 1. The number of rotatable bonds is 4. The van der Waals surface area contributed by atoms with E-state index in [1.807, 2.05) is 0 Å². The molecular formula is C11H18N4O3S. The first kappa shape index (κ1) is 14.2. The molecule has 106 valence electrons. The molecule has 2 aliphatic rings. The fourth-order valence-corrected chi connectivity index (χ4v) is 2.74. The number of hydrogen-bond acceptors (Lipinski definition) is 5. The number of nitrogens with zero attached hydrogens (tertiary/aromatic N) is 2. The Morgan fingerprint density at radius 3 is 2.58 bits per heavy atom. The molecular weight excluding hydrogens is 268 g/mol. The van der Waals surface area contributed by atoms with Gasteiger partial charge in [-0.1, -0.05) is 12.2 Å². The average Bonchev–Trinajstić information content (AvgIpc) is 2.57. The second-order valence-corrected chi connectivity index (χ2v) is 5.46. The number of amides is 3. The van der Waals surface area contributed by atoms with Gasteiger partial charge in [0.15, 0.2) is 0 Å². The molecule has 19 heavy (non-hydrogen) atoms. The fraction of sp³-hybridized carbons (Fsp3) is 0.727. The lowest BCUT2D eigenvalue weighted by Gasteiger charge is -2.36. The summed E-state index contributed by atoms with van der Waals surface area (Å²) in [5, 5.41) is 11.7. The molecule has 0 aromatic heterocycles. The van der Waals surface area contributed by atoms with Crippen LogP contribution in [-0.4, -0.2) is 70.2 Å². The van der Waals surface area contributed by atoms with Crippen molar-refractivity contribution in [2.45, 2.75) is 18.4 Å². The lowest BCUT2D eigenvalue weighted by molar-refractivity contribution is -0.132. The van der Waals surface area contributed by atoms with Gasteiger partial charge in [0.25, 0.3) is 5.91 Å². The van der Waals surface area contributed by atoms with Crippen LogP contribution in [0.5, 0.6) is 0 Å². The minimum absolute atomic E-state index is 0.0118. The van der Waals surface area contributed by atoms with Crippen LogP contribution in [-0.2, 0) is 4.79 Å². The highest BCUT2D eigenvalue weighted by molar-refractivity contribution is 7.80. The highest BCUT2D eigenvalue weighted by Crippen LogP contribution is 2.29. The number of β-amino-alcohol motifs (C(OH)–C–C–N with tert-alkyl or cyclic N) is 1. The smallest absolute Gasteiger partial charge is 0.325 e. The Balaban J connectivity index is 2.04. The van der Waals surface area contributed by atoms with Gasteiger partial charge in [-0.25, -0.2) is 4.79 Å². The SMILES string of the molecule is NC(=S)CN1C(=O)NC2(CCN(CCO)CC2)C1=O. The van der Waals surface area contributed by atoms with Crippen molar-refractivity contribution in [1.29, 1.82) is 0 Å². The second kappa shape index (κ2) is 5.40. The molecule has 7 nitrogen and oxygen atoms in total. The zero-order chi connectivity index (χ0) is 14.0. The third kappa shape index (κ3) is 2.70. The van der Waals surface area contributed by atoms with Crippen LogP contribution in [0.25, 0.3) is 0 Å². The summed E-state index contributed by atoms with van der Waals surface area (Å²) >= 11 is 4.75. The molecule has 0 bridgehead atoms. The molecule has 8 heteroatoms. The monoisotopic (exact) mass is 286 g/mol. The Bertz CT molecular complexity index is 407. The van der Waals surface area contributed by atoms with Crippen LogP contribution in [0.2, 0.25) is 0 Å². The van der Waals surface area contributed by atoms with E-state index >= 15 is 0 Å². The van der Waals surface area contributed by atoms with Crippen molar-refractivity contribution < 1.29 is 14.7 Å². The lowest BCUT2D eigenvalue weighted by Crippen LogP contribution is -2.55. The van der Waals surface area contributed by atoms with E-state index in [2.05, 4.69) is 10.2 Å². The zero-order valence-corrected chi connectivity index (χ0v) is 11.4. The van der Waals surface area contributed by atoms with Gasteiger partial charge >= 0.3 is 6.03 Å². The van der Waals surface area contributed by atoms with Gasteiger partial charge in [0, 0.05) is 19.6 Å². The molecule has 2 fully saturated rings. The van der Waals surface area contributed by atoms with E-state index in [1.54, 1.807) is 0 Å². The van der Waals surface area contributed by atoms with E-state index < -0.39 is 11.6 Å². The Kier molecular flexibility index (Phi) is 4.02. The van der Waals surface area contributed by atoms with Crippen molar-refractivity contribution in [2.75, 3.05) is 32.8 Å². The molecule has 2 rings (SSSR count). The largest absolute Gasteiger partial charge is 0.395 e. The predicted molar refractivity (Wildman–Crippen MR) is 72.5 cm³/mol. The molecule has 0 aromatic rings. The molecule has 1 spiro atoms. The van der Waals surface area contributed by atoms with E-state index in [0.717, 1.165) is 4.90 Å². The van der Waals surface area contributed by atoms with Gasteiger partial charge in [-0.2, -0.15) is 0 Å². The number of urea groups is 1. The Morgan fingerprint density at radius 1 is 1.42 bits per heavy atom. The molecule has 2 aliphatic heterocycles. The first-order valence-corrected chi connectivity index (χ1v) is 6.65. The van der Waals surface area contributed by atoms with Crippen LogP contribution in [0.4, 0.5) is 4.79 Å². The molecule has 4 N–H and O–H groups in total. The Hall–Kier alpha value is -1.25. The summed E-state index contributed by atoms with van der Waals surface area (Å²) in [6.07, 6.45) is 1.09. The molecule has 2 heterocycles. The van der Waals surface area contributed by atoms with E-state index in [1.165, 1.54) is 0 Å². The number of thiocarbonyl (C=S) groups is 1. The minimum atomic E-state index is -0.812.